The molecule has 1 aliphatic rings. The maximum Gasteiger partial charge on any atom is 0.153 e. The van der Waals surface area contributed by atoms with Gasteiger partial charge in [0.2, 0.25) is 0 Å². The highest BCUT2D eigenvalue weighted by atomic mass is 32.2. The normalized spacial score (nSPS) is 18.5. The lowest BCUT2D eigenvalue weighted by atomic mass is 10.3. The van der Waals surface area contributed by atoms with Crippen molar-refractivity contribution in [2.45, 2.75) is 23.7 Å². The van der Waals surface area contributed by atoms with Gasteiger partial charge in [0.25, 0.3) is 0 Å². The van der Waals surface area contributed by atoms with Crippen molar-refractivity contribution in [1.82, 2.24) is 0 Å². The topological polar surface area (TPSA) is 29.5 Å². The Hall–Kier alpha value is -0.830. The molecule has 64 valence electrons. The van der Waals surface area contributed by atoms with Crippen LogP contribution in [0.5, 0.6) is 11.5 Å². The van der Waals surface area contributed by atoms with Crippen LogP contribution >= 0.6 is 11.8 Å². The summed E-state index contributed by atoms with van der Waals surface area (Å²) < 4.78 is 5.58. The lowest BCUT2D eigenvalue weighted by Gasteiger charge is -2.15. The summed E-state index contributed by atoms with van der Waals surface area (Å²) in [6.07, 6.45) is 0. The third-order valence-corrected chi connectivity index (χ3v) is 2.77. The van der Waals surface area contributed by atoms with E-state index in [0.29, 0.717) is 0 Å². The molecule has 1 N–H and O–H groups in total. The molecular weight excluding hydrogens is 172 g/mol. The van der Waals surface area contributed by atoms with Crippen LogP contribution in [0.15, 0.2) is 23.1 Å². The van der Waals surface area contributed by atoms with Gasteiger partial charge in [0.15, 0.2) is 4.93 Å². The highest BCUT2D eigenvalue weighted by Crippen LogP contribution is 2.47. The van der Waals surface area contributed by atoms with Crippen molar-refractivity contribution in [3.05, 3.63) is 18.2 Å². The van der Waals surface area contributed by atoms with Gasteiger partial charge in [-0.15, -0.1) is 0 Å². The van der Waals surface area contributed by atoms with Crippen molar-refractivity contribution in [3.63, 3.8) is 0 Å². The summed E-state index contributed by atoms with van der Waals surface area (Å²) in [5.41, 5.74) is 0. The lowest BCUT2D eigenvalue weighted by Crippen LogP contribution is -2.17. The van der Waals surface area contributed by atoms with Crippen molar-refractivity contribution in [2.24, 2.45) is 0 Å². The summed E-state index contributed by atoms with van der Waals surface area (Å²) in [4.78, 5) is 0.897. The van der Waals surface area contributed by atoms with Gasteiger partial charge in [0.1, 0.15) is 11.5 Å². The van der Waals surface area contributed by atoms with E-state index in [4.69, 9.17) is 4.74 Å². The van der Waals surface area contributed by atoms with Crippen LogP contribution < -0.4 is 4.74 Å². The van der Waals surface area contributed by atoms with Crippen LogP contribution in [0.1, 0.15) is 13.8 Å². The molecule has 1 aliphatic heterocycles. The minimum Gasteiger partial charge on any atom is -0.508 e. The molecular formula is C9H10O2S. The van der Waals surface area contributed by atoms with Crippen molar-refractivity contribution in [2.75, 3.05) is 0 Å². The van der Waals surface area contributed by atoms with E-state index in [9.17, 15) is 5.11 Å². The molecule has 0 aliphatic carbocycles. The molecule has 0 bridgehead atoms. The second kappa shape index (κ2) is 2.33. The Morgan fingerprint density at radius 3 is 2.92 bits per heavy atom. The summed E-state index contributed by atoms with van der Waals surface area (Å²) in [5.74, 6) is 1.04. The summed E-state index contributed by atoms with van der Waals surface area (Å²) in [7, 11) is 0. The molecule has 0 aromatic heterocycles. The predicted molar refractivity (Wildman–Crippen MR) is 48.7 cm³/mol. The van der Waals surface area contributed by atoms with Gasteiger partial charge in [-0.25, -0.2) is 0 Å². The summed E-state index contributed by atoms with van der Waals surface area (Å²) in [5, 5.41) is 9.18. The second-order valence-electron chi connectivity index (χ2n) is 3.23. The Balaban J connectivity index is 2.43. The molecule has 3 heteroatoms. The first-order valence-corrected chi connectivity index (χ1v) is 4.59. The molecule has 1 aromatic carbocycles. The van der Waals surface area contributed by atoms with Crippen molar-refractivity contribution < 1.29 is 9.84 Å². The molecule has 0 spiro atoms. The number of phenols is 1. The molecule has 1 heterocycles. The van der Waals surface area contributed by atoms with Gasteiger partial charge < -0.3 is 9.84 Å². The third-order valence-electron chi connectivity index (χ3n) is 1.64. The van der Waals surface area contributed by atoms with Crippen LogP contribution in [0.25, 0.3) is 0 Å². The number of fused-ring (bicyclic) bond motifs is 1. The van der Waals surface area contributed by atoms with Crippen LogP contribution in [-0.4, -0.2) is 10.0 Å². The average Bonchev–Trinajstić information content (AvgIpc) is 2.21. The van der Waals surface area contributed by atoms with Gasteiger partial charge in [0, 0.05) is 6.07 Å². The maximum absolute atomic E-state index is 9.18. The minimum atomic E-state index is -0.198. The molecule has 0 atom stereocenters. The number of hydrogen-bond donors (Lipinski definition) is 1. The van der Waals surface area contributed by atoms with E-state index in [2.05, 4.69) is 0 Å². The minimum absolute atomic E-state index is 0.198. The molecule has 0 amide bonds. The maximum atomic E-state index is 9.18. The molecule has 0 saturated heterocycles. The Morgan fingerprint density at radius 1 is 1.42 bits per heavy atom. The number of benzene rings is 1. The first-order valence-electron chi connectivity index (χ1n) is 3.78. The Morgan fingerprint density at radius 2 is 2.17 bits per heavy atom. The predicted octanol–water partition coefficient (Wildman–Crippen LogP) is 2.61. The SMILES string of the molecule is CC1(C)Oc2cc(O)ccc2S1. The highest BCUT2D eigenvalue weighted by molar-refractivity contribution is 8.00. The molecule has 2 rings (SSSR count). The van der Waals surface area contributed by atoms with Crippen LogP contribution in [0.4, 0.5) is 0 Å². The number of rotatable bonds is 0. The molecule has 0 unspecified atom stereocenters. The Kier molecular flexibility index (Phi) is 1.51. The molecule has 0 radical (unpaired) electrons. The van der Waals surface area contributed by atoms with Gasteiger partial charge in [-0.2, -0.15) is 0 Å². The third kappa shape index (κ3) is 1.25. The molecule has 2 nitrogen and oxygen atoms in total. The zero-order valence-corrected chi connectivity index (χ0v) is 7.81. The first-order chi connectivity index (χ1) is 5.57. The number of hydrogen-bond acceptors (Lipinski definition) is 3. The average molecular weight is 182 g/mol. The molecule has 1 aromatic rings. The monoisotopic (exact) mass is 182 g/mol. The molecule has 0 fully saturated rings. The zero-order chi connectivity index (χ0) is 8.77. The smallest absolute Gasteiger partial charge is 0.153 e. The van der Waals surface area contributed by atoms with Gasteiger partial charge in [-0.3, -0.25) is 0 Å². The summed E-state index contributed by atoms with van der Waals surface area (Å²) in [6.45, 7) is 4.02. The first kappa shape index (κ1) is 7.80. The Bertz CT molecular complexity index is 320. The van der Waals surface area contributed by atoms with Crippen molar-refractivity contribution in [3.8, 4) is 11.5 Å². The van der Waals surface area contributed by atoms with Crippen LogP contribution in [0, 0.1) is 0 Å². The standard InChI is InChI=1S/C9H10O2S/c1-9(2)11-7-5-6(10)3-4-8(7)12-9/h3-5,10H,1-2H3. The fourth-order valence-corrected chi connectivity index (χ4v) is 2.21. The van der Waals surface area contributed by atoms with Gasteiger partial charge >= 0.3 is 0 Å². The number of phenolic OH excluding ortho intramolecular Hbond substituents is 1. The summed E-state index contributed by atoms with van der Waals surface area (Å²) >= 11 is 1.67. The van der Waals surface area contributed by atoms with E-state index in [1.165, 1.54) is 0 Å². The van der Waals surface area contributed by atoms with Gasteiger partial charge in [-0.1, -0.05) is 11.8 Å². The molecule has 0 saturated carbocycles. The zero-order valence-electron chi connectivity index (χ0n) is 7.00. The van der Waals surface area contributed by atoms with E-state index in [0.717, 1.165) is 10.6 Å². The fourth-order valence-electron chi connectivity index (χ4n) is 1.21. The van der Waals surface area contributed by atoms with Crippen molar-refractivity contribution in [1.29, 1.82) is 0 Å². The molecule has 12 heavy (non-hydrogen) atoms. The number of aromatic hydroxyl groups is 1. The van der Waals surface area contributed by atoms with E-state index in [1.807, 2.05) is 19.9 Å². The number of ether oxygens (including phenoxy) is 1. The number of thioether (sulfide) groups is 1. The van der Waals surface area contributed by atoms with Crippen molar-refractivity contribution >= 4 is 11.8 Å². The van der Waals surface area contributed by atoms with E-state index in [-0.39, 0.29) is 10.7 Å². The summed E-state index contributed by atoms with van der Waals surface area (Å²) in [6, 6.07) is 5.21. The van der Waals surface area contributed by atoms with E-state index in [1.54, 1.807) is 23.9 Å². The lowest BCUT2D eigenvalue weighted by molar-refractivity contribution is 0.214. The Labute approximate surface area is 75.6 Å². The van der Waals surface area contributed by atoms with E-state index >= 15 is 0 Å². The van der Waals surface area contributed by atoms with Gasteiger partial charge in [0.05, 0.1) is 4.90 Å². The largest absolute Gasteiger partial charge is 0.508 e. The second-order valence-corrected chi connectivity index (χ2v) is 4.86. The van der Waals surface area contributed by atoms with Crippen LogP contribution in [-0.2, 0) is 0 Å². The van der Waals surface area contributed by atoms with E-state index < -0.39 is 0 Å². The highest BCUT2D eigenvalue weighted by Gasteiger charge is 2.30. The fraction of sp³-hybridized carbons (Fsp3) is 0.333. The van der Waals surface area contributed by atoms with Gasteiger partial charge in [-0.05, 0) is 26.0 Å². The van der Waals surface area contributed by atoms with Crippen LogP contribution in [0.2, 0.25) is 0 Å². The quantitative estimate of drug-likeness (QED) is 0.668. The van der Waals surface area contributed by atoms with Crippen LogP contribution in [0.3, 0.4) is 0 Å².